The number of hydrogen-bond acceptors (Lipinski definition) is 24. The molecule has 3 fully saturated rings. The van der Waals surface area contributed by atoms with E-state index < -0.39 is 177 Å². The van der Waals surface area contributed by atoms with Gasteiger partial charge in [-0.25, -0.2) is 0 Å². The number of aliphatic hydroxyl groups excluding tert-OH is 6. The molecule has 31 nitrogen and oxygen atoms in total. The molecule has 0 spiro atoms. The van der Waals surface area contributed by atoms with Crippen LogP contribution < -0.4 is 71.3 Å². The number of phenolic OH excluding ortho intramolecular Hbond substituents is 1. The second-order valence-corrected chi connectivity index (χ2v) is 24.1. The molecule has 12 unspecified atom stereocenters. The number of rotatable bonds is 24. The SMILES string of the molecule is CCCCCCCCCCn1cc(-c2nnc(-c3ccc(C(=O)N[C@H]4CC(O)CNC(=O)C5C(O)C(C)CN5C(=O)C(C(O)CC(N)=O)NC(=O)C(C(O)Cc5ccc(O)c(OSOO[O-])c5)NC(=O)C5CC(O)CN5C(=O)C(C(C)O)NC4=O)cc3)s2)cn1.[Na+]. The summed E-state index contributed by atoms with van der Waals surface area (Å²) >= 11 is 1.29. The summed E-state index contributed by atoms with van der Waals surface area (Å²) in [6.07, 6.45) is -0.525. The van der Waals surface area contributed by atoms with Crippen LogP contribution in [0, 0.1) is 5.92 Å². The average molecular weight is 1320 g/mol. The summed E-state index contributed by atoms with van der Waals surface area (Å²) in [5, 5.41) is 118. The van der Waals surface area contributed by atoms with Crippen LogP contribution in [0.3, 0.4) is 0 Å². The molecule has 0 saturated carbocycles. The zero-order valence-electron chi connectivity index (χ0n) is 50.6. The average Bonchev–Trinajstić information content (AvgIpc) is 1.77. The van der Waals surface area contributed by atoms with E-state index in [1.54, 1.807) is 18.3 Å². The number of primary amides is 1. The van der Waals surface area contributed by atoms with E-state index >= 15 is 0 Å². The first-order chi connectivity index (χ1) is 43.0. The van der Waals surface area contributed by atoms with Gasteiger partial charge < -0.3 is 87.3 Å². The smallest absolute Gasteiger partial charge is 0.691 e. The Kier molecular flexibility index (Phi) is 28.3. The Labute approximate surface area is 553 Å². The number of hydrogen-bond donors (Lipinski definition) is 13. The minimum Gasteiger partial charge on any atom is -0.691 e. The molecule has 34 heteroatoms. The van der Waals surface area contributed by atoms with Gasteiger partial charge in [0, 0.05) is 68.7 Å². The predicted octanol–water partition coefficient (Wildman–Crippen LogP) is -5.09. The third-order valence-corrected chi connectivity index (χ3v) is 17.1. The molecule has 5 heterocycles. The molecule has 3 aliphatic heterocycles. The van der Waals surface area contributed by atoms with Crippen molar-refractivity contribution in [2.24, 2.45) is 11.7 Å². The van der Waals surface area contributed by atoms with Crippen LogP contribution in [0.1, 0.15) is 107 Å². The summed E-state index contributed by atoms with van der Waals surface area (Å²) < 4.78 is 11.0. The van der Waals surface area contributed by atoms with E-state index in [0.29, 0.717) is 15.6 Å². The summed E-state index contributed by atoms with van der Waals surface area (Å²) in [7, 11) is 0. The van der Waals surface area contributed by atoms with E-state index in [1.165, 1.54) is 75.0 Å². The number of aliphatic hydroxyl groups is 6. The molecule has 0 bridgehead atoms. The Bertz CT molecular complexity index is 3130. The Morgan fingerprint density at radius 1 is 0.802 bits per heavy atom. The van der Waals surface area contributed by atoms with Crippen LogP contribution >= 0.6 is 23.7 Å². The maximum Gasteiger partial charge on any atom is 1.00 e. The van der Waals surface area contributed by atoms with E-state index in [4.69, 9.17) is 9.92 Å². The number of carbonyl (C=O) groups excluding carboxylic acids is 8. The van der Waals surface area contributed by atoms with Gasteiger partial charge in [0.05, 0.1) is 54.8 Å². The number of amides is 8. The van der Waals surface area contributed by atoms with Gasteiger partial charge in [-0.15, -0.1) is 14.5 Å². The number of nitrogens with one attached hydrogen (secondary N) is 5. The molecule has 7 rings (SSSR count). The number of unbranched alkanes of at least 4 members (excludes halogenated alkanes) is 7. The van der Waals surface area contributed by atoms with Gasteiger partial charge in [0.15, 0.2) is 16.5 Å². The van der Waals surface area contributed by atoms with E-state index in [0.717, 1.165) is 53.8 Å². The zero-order chi connectivity index (χ0) is 65.3. The molecule has 0 radical (unpaired) electrons. The summed E-state index contributed by atoms with van der Waals surface area (Å²) in [6.45, 7) is 3.82. The summed E-state index contributed by atoms with van der Waals surface area (Å²) in [4.78, 5) is 115. The number of aromatic nitrogens is 4. The van der Waals surface area contributed by atoms with Crippen molar-refractivity contribution in [1.82, 2.24) is 56.4 Å². The Balaban J connectivity index is 0.0000132. The van der Waals surface area contributed by atoms with Gasteiger partial charge in [0.1, 0.15) is 41.3 Å². The van der Waals surface area contributed by atoms with Crippen molar-refractivity contribution in [2.75, 3.05) is 19.6 Å². The predicted molar refractivity (Wildman–Crippen MR) is 316 cm³/mol. The second kappa shape index (κ2) is 35.0. The number of aromatic hydroxyl groups is 1. The van der Waals surface area contributed by atoms with Crippen LogP contribution in [0.5, 0.6) is 11.5 Å². The van der Waals surface area contributed by atoms with Crippen LogP contribution in [0.25, 0.3) is 21.1 Å². The molecule has 8 amide bonds. The van der Waals surface area contributed by atoms with Gasteiger partial charge in [-0.1, -0.05) is 88.3 Å². The van der Waals surface area contributed by atoms with Gasteiger partial charge in [-0.05, 0) is 43.2 Å². The van der Waals surface area contributed by atoms with Gasteiger partial charge in [0.2, 0.25) is 41.4 Å². The number of phenols is 1. The minimum atomic E-state index is -2.22. The third-order valence-electron chi connectivity index (χ3n) is 15.7. The summed E-state index contributed by atoms with van der Waals surface area (Å²) in [5.41, 5.74) is 6.86. The van der Waals surface area contributed by atoms with E-state index in [2.05, 4.69) is 58.2 Å². The number of carbonyl (C=O) groups is 8. The first-order valence-electron chi connectivity index (χ1n) is 29.5. The molecule has 3 saturated heterocycles. The van der Waals surface area contributed by atoms with Gasteiger partial charge in [0.25, 0.3) is 18.2 Å². The van der Waals surface area contributed by atoms with Crippen LogP contribution in [-0.4, -0.2) is 205 Å². The van der Waals surface area contributed by atoms with Crippen LogP contribution in [0.15, 0.2) is 54.9 Å². The number of β-amino-alcohol motifs (C(OH)–C–C–N with tert-alkyl or cyclic N) is 1. The fourth-order valence-corrected chi connectivity index (χ4v) is 12.0. The largest absolute Gasteiger partial charge is 1.00 e. The number of fused-ring (bicyclic) bond motifs is 2. The standard InChI is InChI=1S/C57H78N12O19S2.Na/c1-4-5-6-7-8-9-10-11-18-67-27-34(24-60-67)55-66-65-54(89-55)33-15-13-32(14-16-33)49(78)61-37-21-35(71)25-59-53(82)47-48(77)29(2)26-69(47)57(84)46(41(75)23-43(58)76)64-52(81)45(40(74)19-31-12-17-39(73)42(20-31)86-90-88-87-85)63-51(80)38-22-36(72)28-68(38)56(83)44(30(3)70)62-50(37)79;/h12-17,20,24,27,29-30,35-38,40-41,44-48,70-75,77,85H,4-11,18-19,21-23,25-26,28H2,1-3H3,(H2,58,76)(H,59,82)(H,61,78)(H,62,79)(H,63,80)(H,64,81);/q;+1/p-1/t29?,30?,35?,36?,37-,38?,40?,41?,44?,45?,46?,47?,48?;/m0./s1. The van der Waals surface area contributed by atoms with E-state index in [-0.39, 0.29) is 58.8 Å². The molecule has 492 valence electrons. The molecule has 4 aromatic rings. The van der Waals surface area contributed by atoms with E-state index in [9.17, 15) is 79.4 Å². The topological polar surface area (TPSA) is 465 Å². The monoisotopic (exact) mass is 1320 g/mol. The second-order valence-electron chi connectivity index (χ2n) is 22.7. The Hall–Kier alpha value is -6.44. The maximum absolute atomic E-state index is 14.7. The van der Waals surface area contributed by atoms with Crippen molar-refractivity contribution in [3.05, 3.63) is 66.0 Å². The van der Waals surface area contributed by atoms with Crippen molar-refractivity contribution in [3.63, 3.8) is 0 Å². The summed E-state index contributed by atoms with van der Waals surface area (Å²) in [6, 6.07) is -2.15. The Morgan fingerprint density at radius 2 is 1.45 bits per heavy atom. The van der Waals surface area contributed by atoms with Crippen molar-refractivity contribution >= 4 is 70.9 Å². The minimum absolute atomic E-state index is 0. The number of benzene rings is 2. The molecule has 13 atom stereocenters. The quantitative estimate of drug-likeness (QED) is 0.0103. The fourth-order valence-electron chi connectivity index (χ4n) is 10.9. The molecule has 2 aromatic carbocycles. The number of aryl methyl sites for hydroxylation is 1. The molecule has 0 aliphatic carbocycles. The van der Waals surface area contributed by atoms with Gasteiger partial charge >= 0.3 is 29.6 Å². The molecule has 3 aliphatic rings. The van der Waals surface area contributed by atoms with Gasteiger partial charge in [-0.3, -0.25) is 48.1 Å². The van der Waals surface area contributed by atoms with Crippen molar-refractivity contribution < 1.29 is 122 Å². The fraction of sp³-hybridized carbons (Fsp3) is 0.561. The normalized spacial score (nSPS) is 24.7. The van der Waals surface area contributed by atoms with Gasteiger partial charge in [-0.2, -0.15) is 5.10 Å². The van der Waals surface area contributed by atoms with Crippen LogP contribution in [0.4, 0.5) is 0 Å². The molecule has 2 aromatic heterocycles. The van der Waals surface area contributed by atoms with E-state index in [1.807, 2.05) is 10.9 Å². The molecule has 14 N–H and O–H groups in total. The number of nitrogens with zero attached hydrogens (tertiary/aromatic N) is 6. The van der Waals surface area contributed by atoms with Crippen LogP contribution in [0.2, 0.25) is 0 Å². The molecular formula is C57H77N12NaO19S2. The maximum atomic E-state index is 14.7. The zero-order valence-corrected chi connectivity index (χ0v) is 54.3. The Morgan fingerprint density at radius 3 is 2.12 bits per heavy atom. The number of nitrogens with two attached hydrogens (primary N) is 1. The first-order valence-corrected chi connectivity index (χ1v) is 31.0. The van der Waals surface area contributed by atoms with Crippen molar-refractivity contribution in [2.45, 2.75) is 177 Å². The van der Waals surface area contributed by atoms with Crippen molar-refractivity contribution in [3.8, 4) is 32.6 Å². The third kappa shape index (κ3) is 20.0. The van der Waals surface area contributed by atoms with Crippen LogP contribution in [-0.2, 0) is 55.9 Å². The molecular weight excluding hydrogens is 1240 g/mol. The summed E-state index contributed by atoms with van der Waals surface area (Å²) in [5.74, 6) is -11.1. The molecule has 91 heavy (non-hydrogen) atoms. The van der Waals surface area contributed by atoms with Crippen molar-refractivity contribution in [1.29, 1.82) is 0 Å². The first kappa shape index (κ1) is 73.6.